The Labute approximate surface area is 119 Å². The van der Waals surface area contributed by atoms with Crippen LogP contribution in [0.15, 0.2) is 24.3 Å². The van der Waals surface area contributed by atoms with Crippen molar-refractivity contribution in [3.63, 3.8) is 0 Å². The Morgan fingerprint density at radius 3 is 2.80 bits per heavy atom. The third-order valence-corrected chi connectivity index (χ3v) is 3.02. The molecule has 7 heteroatoms. The highest BCUT2D eigenvalue weighted by Crippen LogP contribution is 1.99. The Morgan fingerprint density at radius 2 is 2.15 bits per heavy atom. The van der Waals surface area contributed by atoms with Crippen LogP contribution in [0.4, 0.5) is 0 Å². The number of methoxy groups -OCH3 is 1. The minimum atomic E-state index is -1.47. The minimum absolute atomic E-state index is 0.404. The first-order valence-corrected chi connectivity index (χ1v) is 6.54. The van der Waals surface area contributed by atoms with Crippen LogP contribution in [0.25, 0.3) is 0 Å². The quantitative estimate of drug-likeness (QED) is 0.269. The van der Waals surface area contributed by atoms with Crippen molar-refractivity contribution in [2.24, 2.45) is 5.73 Å². The van der Waals surface area contributed by atoms with Crippen LogP contribution in [0.1, 0.15) is 18.4 Å². The first-order chi connectivity index (χ1) is 9.56. The van der Waals surface area contributed by atoms with Gasteiger partial charge >= 0.3 is 13.1 Å². The number of hydrogen-bond acceptors (Lipinski definition) is 6. The van der Waals surface area contributed by atoms with E-state index in [0.29, 0.717) is 25.0 Å². The number of ether oxygens (including phenoxy) is 1. The highest BCUT2D eigenvalue weighted by molar-refractivity contribution is 6.59. The van der Waals surface area contributed by atoms with Gasteiger partial charge in [0.25, 0.3) is 0 Å². The molecule has 5 N–H and O–H groups in total. The van der Waals surface area contributed by atoms with Gasteiger partial charge in [-0.2, -0.15) is 0 Å². The van der Waals surface area contributed by atoms with E-state index >= 15 is 0 Å². The van der Waals surface area contributed by atoms with Crippen molar-refractivity contribution >= 4 is 18.6 Å². The van der Waals surface area contributed by atoms with Gasteiger partial charge in [0.1, 0.15) is 6.04 Å². The number of carbonyl (C=O) groups is 1. The monoisotopic (exact) mass is 280 g/mol. The molecular formula is C13H21BN2O4. The van der Waals surface area contributed by atoms with Crippen molar-refractivity contribution in [1.82, 2.24) is 5.32 Å². The summed E-state index contributed by atoms with van der Waals surface area (Å²) in [4.78, 5) is 11.1. The van der Waals surface area contributed by atoms with Crippen molar-refractivity contribution in [3.8, 4) is 0 Å². The molecule has 0 saturated carbocycles. The van der Waals surface area contributed by atoms with E-state index in [4.69, 9.17) is 5.73 Å². The summed E-state index contributed by atoms with van der Waals surface area (Å²) in [6.07, 6.45) is 1.28. The maximum absolute atomic E-state index is 11.1. The van der Waals surface area contributed by atoms with Gasteiger partial charge in [0.05, 0.1) is 7.11 Å². The second-order valence-corrected chi connectivity index (χ2v) is 4.52. The summed E-state index contributed by atoms with van der Waals surface area (Å²) < 4.78 is 4.54. The first kappa shape index (κ1) is 16.6. The number of nitrogens with two attached hydrogens (primary N) is 1. The van der Waals surface area contributed by atoms with Gasteiger partial charge in [0, 0.05) is 6.54 Å². The van der Waals surface area contributed by atoms with E-state index < -0.39 is 19.1 Å². The number of nitrogens with one attached hydrogen (secondary N) is 1. The van der Waals surface area contributed by atoms with Crippen molar-refractivity contribution < 1.29 is 19.6 Å². The third kappa shape index (κ3) is 5.30. The number of carbonyl (C=O) groups excluding carboxylic acids is 1. The lowest BCUT2D eigenvalue weighted by molar-refractivity contribution is -0.142. The van der Waals surface area contributed by atoms with Crippen molar-refractivity contribution in [1.29, 1.82) is 0 Å². The molecule has 110 valence electrons. The standard InChI is InChI=1S/C13H21BN2O4/c1-20-13(17)12(15)7-4-8-16-9-10-5-2-3-6-11(10)14(18)19/h2-3,5-6,12,16,18-19H,4,7-9,15H2,1H3. The second-order valence-electron chi connectivity index (χ2n) is 4.52. The van der Waals surface area contributed by atoms with Gasteiger partial charge in [-0.25, -0.2) is 0 Å². The summed E-state index contributed by atoms with van der Waals surface area (Å²) in [7, 11) is -0.154. The molecule has 0 aliphatic carbocycles. The molecule has 1 aromatic carbocycles. The molecular weight excluding hydrogens is 259 g/mol. The highest BCUT2D eigenvalue weighted by Gasteiger charge is 2.15. The van der Waals surface area contributed by atoms with E-state index in [-0.39, 0.29) is 0 Å². The largest absolute Gasteiger partial charge is 0.488 e. The SMILES string of the molecule is COC(=O)C(N)CCCNCc1ccccc1B(O)O. The Balaban J connectivity index is 2.30. The number of rotatable bonds is 8. The highest BCUT2D eigenvalue weighted by atomic mass is 16.5. The summed E-state index contributed by atoms with van der Waals surface area (Å²) in [5.74, 6) is -0.404. The molecule has 0 fully saturated rings. The number of hydrogen-bond donors (Lipinski definition) is 4. The molecule has 0 spiro atoms. The lowest BCUT2D eigenvalue weighted by Crippen LogP contribution is -2.35. The van der Waals surface area contributed by atoms with Crippen molar-refractivity contribution in [3.05, 3.63) is 29.8 Å². The van der Waals surface area contributed by atoms with Crippen LogP contribution in [0, 0.1) is 0 Å². The lowest BCUT2D eigenvalue weighted by Gasteiger charge is -2.11. The van der Waals surface area contributed by atoms with Gasteiger partial charge in [0.2, 0.25) is 0 Å². The minimum Gasteiger partial charge on any atom is -0.468 e. The topological polar surface area (TPSA) is 105 Å². The van der Waals surface area contributed by atoms with Crippen LogP contribution in [0.5, 0.6) is 0 Å². The predicted molar refractivity (Wildman–Crippen MR) is 77.2 cm³/mol. The summed E-state index contributed by atoms with van der Waals surface area (Å²) in [5.41, 5.74) is 6.94. The summed E-state index contributed by atoms with van der Waals surface area (Å²) in [6.45, 7) is 1.21. The van der Waals surface area contributed by atoms with E-state index in [1.54, 1.807) is 12.1 Å². The molecule has 0 aliphatic heterocycles. The van der Waals surface area contributed by atoms with E-state index in [1.807, 2.05) is 12.1 Å². The van der Waals surface area contributed by atoms with E-state index in [0.717, 1.165) is 12.0 Å². The third-order valence-electron chi connectivity index (χ3n) is 3.02. The number of esters is 1. The Hall–Kier alpha value is -1.41. The van der Waals surface area contributed by atoms with Gasteiger partial charge in [-0.15, -0.1) is 0 Å². The molecule has 0 heterocycles. The predicted octanol–water partition coefficient (Wildman–Crippen LogP) is -1.26. The fourth-order valence-corrected chi connectivity index (χ4v) is 1.89. The zero-order valence-corrected chi connectivity index (χ0v) is 11.6. The maximum Gasteiger partial charge on any atom is 0.488 e. The molecule has 1 rings (SSSR count). The fourth-order valence-electron chi connectivity index (χ4n) is 1.89. The zero-order chi connectivity index (χ0) is 15.0. The average Bonchev–Trinajstić information content (AvgIpc) is 2.46. The van der Waals surface area contributed by atoms with Crippen LogP contribution in [-0.2, 0) is 16.1 Å². The smallest absolute Gasteiger partial charge is 0.468 e. The molecule has 6 nitrogen and oxygen atoms in total. The lowest BCUT2D eigenvalue weighted by atomic mass is 9.77. The zero-order valence-electron chi connectivity index (χ0n) is 11.6. The van der Waals surface area contributed by atoms with Crippen molar-refractivity contribution in [2.75, 3.05) is 13.7 Å². The molecule has 0 aliphatic rings. The van der Waals surface area contributed by atoms with Gasteiger partial charge in [-0.3, -0.25) is 4.79 Å². The van der Waals surface area contributed by atoms with Gasteiger partial charge < -0.3 is 25.8 Å². The molecule has 1 aromatic rings. The van der Waals surface area contributed by atoms with Crippen LogP contribution >= 0.6 is 0 Å². The molecule has 1 unspecified atom stereocenters. The molecule has 0 amide bonds. The molecule has 0 bridgehead atoms. The second kappa shape index (κ2) is 8.70. The van der Waals surface area contributed by atoms with Crippen molar-refractivity contribution in [2.45, 2.75) is 25.4 Å². The van der Waals surface area contributed by atoms with Crippen LogP contribution in [0.3, 0.4) is 0 Å². The van der Waals surface area contributed by atoms with Crippen LogP contribution in [-0.4, -0.2) is 42.8 Å². The normalized spacial score (nSPS) is 12.0. The molecule has 0 saturated heterocycles. The molecule has 1 atom stereocenters. The molecule has 0 aromatic heterocycles. The van der Waals surface area contributed by atoms with E-state index in [1.165, 1.54) is 7.11 Å². The van der Waals surface area contributed by atoms with Gasteiger partial charge in [0.15, 0.2) is 0 Å². The molecule has 0 radical (unpaired) electrons. The van der Waals surface area contributed by atoms with Gasteiger partial charge in [-0.05, 0) is 30.4 Å². The maximum atomic E-state index is 11.1. The Kier molecular flexibility index (Phi) is 7.25. The Bertz CT molecular complexity index is 429. The summed E-state index contributed by atoms with van der Waals surface area (Å²) in [6, 6.07) is 6.52. The number of benzene rings is 1. The van der Waals surface area contributed by atoms with E-state index in [9.17, 15) is 14.8 Å². The van der Waals surface area contributed by atoms with Crippen LogP contribution < -0.4 is 16.5 Å². The van der Waals surface area contributed by atoms with E-state index in [2.05, 4.69) is 10.1 Å². The summed E-state index contributed by atoms with van der Waals surface area (Å²) in [5, 5.41) is 21.6. The molecule has 20 heavy (non-hydrogen) atoms. The Morgan fingerprint density at radius 1 is 1.45 bits per heavy atom. The first-order valence-electron chi connectivity index (χ1n) is 6.54. The summed E-state index contributed by atoms with van der Waals surface area (Å²) >= 11 is 0. The van der Waals surface area contributed by atoms with Gasteiger partial charge in [-0.1, -0.05) is 24.3 Å². The fraction of sp³-hybridized carbons (Fsp3) is 0.462. The average molecular weight is 280 g/mol. The van der Waals surface area contributed by atoms with Crippen LogP contribution in [0.2, 0.25) is 0 Å².